The first kappa shape index (κ1) is 24.7. The van der Waals surface area contributed by atoms with Gasteiger partial charge in [0.05, 0.1) is 13.2 Å². The molecule has 3 unspecified atom stereocenters. The van der Waals surface area contributed by atoms with Gasteiger partial charge in [0.25, 0.3) is 0 Å². The number of methoxy groups -OCH3 is 1. The van der Waals surface area contributed by atoms with Crippen LogP contribution >= 0.6 is 0 Å². The maximum atomic E-state index is 14.2. The van der Waals surface area contributed by atoms with Gasteiger partial charge in [-0.2, -0.15) is 9.98 Å². The summed E-state index contributed by atoms with van der Waals surface area (Å²) in [6, 6.07) is 5.13. The van der Waals surface area contributed by atoms with Crippen LogP contribution in [-0.2, 0) is 4.74 Å². The average Bonchev–Trinajstić information content (AvgIpc) is 3.22. The maximum absolute atomic E-state index is 14.2. The zero-order valence-corrected chi connectivity index (χ0v) is 20.2. The zero-order valence-electron chi connectivity index (χ0n) is 20.2. The van der Waals surface area contributed by atoms with Crippen molar-refractivity contribution in [2.24, 2.45) is 15.7 Å². The van der Waals surface area contributed by atoms with Crippen molar-refractivity contribution >= 4 is 17.6 Å². The van der Waals surface area contributed by atoms with Gasteiger partial charge in [-0.05, 0) is 50.8 Å². The molecular weight excluding hydrogens is 437 g/mol. The third kappa shape index (κ3) is 6.37. The van der Waals surface area contributed by atoms with Gasteiger partial charge < -0.3 is 25.4 Å². The standard InChI is InChI=1S/C24H38FN7O2/c1-3-19(20-11-8-14-27-20)29-23-30-22(28-16-12-13-21(33-2)18(25)15-16)31-24(26,32-23)34-17-9-6-4-5-7-10-17/h12-13,15,17,19-20,27H,3-11,14,26H2,1-2H3,(H3,28,29,30,31,32). The fourth-order valence-electron chi connectivity index (χ4n) is 4.90. The highest BCUT2D eigenvalue weighted by molar-refractivity contribution is 6.04. The number of benzene rings is 1. The Labute approximate surface area is 201 Å². The minimum atomic E-state index is -1.48. The molecule has 1 saturated heterocycles. The Hall–Kier alpha value is -2.43. The van der Waals surface area contributed by atoms with Crippen molar-refractivity contribution in [3.63, 3.8) is 0 Å². The van der Waals surface area contributed by atoms with Gasteiger partial charge in [0, 0.05) is 23.8 Å². The summed E-state index contributed by atoms with van der Waals surface area (Å²) in [5.41, 5.74) is 7.12. The summed E-state index contributed by atoms with van der Waals surface area (Å²) in [6.07, 6.45) is 9.76. The number of rotatable bonds is 7. The topological polar surface area (TPSA) is 117 Å². The number of ether oxygens (including phenoxy) is 2. The molecule has 9 nitrogen and oxygen atoms in total. The van der Waals surface area contributed by atoms with Gasteiger partial charge in [0.15, 0.2) is 11.6 Å². The number of anilines is 1. The van der Waals surface area contributed by atoms with Crippen molar-refractivity contribution in [2.45, 2.75) is 88.9 Å². The molecule has 0 radical (unpaired) electrons. The van der Waals surface area contributed by atoms with Crippen molar-refractivity contribution in [3.8, 4) is 5.75 Å². The molecule has 0 spiro atoms. The summed E-state index contributed by atoms with van der Waals surface area (Å²) >= 11 is 0. The van der Waals surface area contributed by atoms with Gasteiger partial charge in [-0.3, -0.25) is 11.1 Å². The number of guanidine groups is 2. The van der Waals surface area contributed by atoms with Gasteiger partial charge >= 0.3 is 5.97 Å². The van der Waals surface area contributed by atoms with Crippen LogP contribution in [0, 0.1) is 5.82 Å². The number of nitrogens with one attached hydrogen (secondary N) is 4. The van der Waals surface area contributed by atoms with E-state index >= 15 is 0 Å². The van der Waals surface area contributed by atoms with Crippen LogP contribution in [0.25, 0.3) is 0 Å². The van der Waals surface area contributed by atoms with E-state index in [1.54, 1.807) is 12.1 Å². The first-order chi connectivity index (χ1) is 16.5. The molecule has 6 N–H and O–H groups in total. The van der Waals surface area contributed by atoms with Crippen LogP contribution in [0.2, 0.25) is 0 Å². The van der Waals surface area contributed by atoms with Gasteiger partial charge in [0.2, 0.25) is 11.9 Å². The Morgan fingerprint density at radius 1 is 1.21 bits per heavy atom. The molecule has 188 valence electrons. The number of nitrogens with two attached hydrogens (primary N) is 1. The van der Waals surface area contributed by atoms with E-state index in [2.05, 4.69) is 38.2 Å². The van der Waals surface area contributed by atoms with Crippen molar-refractivity contribution in [1.82, 2.24) is 16.0 Å². The van der Waals surface area contributed by atoms with E-state index in [0.717, 1.165) is 51.5 Å². The molecule has 0 bridgehead atoms. The van der Waals surface area contributed by atoms with Crippen molar-refractivity contribution in [2.75, 3.05) is 19.0 Å². The Balaban J connectivity index is 1.55. The summed E-state index contributed by atoms with van der Waals surface area (Å²) < 4.78 is 25.6. The van der Waals surface area contributed by atoms with Crippen LogP contribution in [0.15, 0.2) is 28.2 Å². The van der Waals surface area contributed by atoms with E-state index in [9.17, 15) is 4.39 Å². The van der Waals surface area contributed by atoms with Crippen LogP contribution in [-0.4, -0.2) is 49.7 Å². The molecule has 0 aromatic heterocycles. The lowest BCUT2D eigenvalue weighted by Crippen LogP contribution is -2.65. The zero-order chi connectivity index (χ0) is 24.0. The van der Waals surface area contributed by atoms with Crippen molar-refractivity contribution in [1.29, 1.82) is 0 Å². The first-order valence-electron chi connectivity index (χ1n) is 12.5. The quantitative estimate of drug-likeness (QED) is 0.304. The van der Waals surface area contributed by atoms with Gasteiger partial charge in [0.1, 0.15) is 0 Å². The summed E-state index contributed by atoms with van der Waals surface area (Å²) in [7, 11) is 1.43. The van der Waals surface area contributed by atoms with Gasteiger partial charge in [-0.1, -0.05) is 32.6 Å². The molecule has 2 aliphatic heterocycles. The highest BCUT2D eigenvalue weighted by Gasteiger charge is 2.36. The largest absolute Gasteiger partial charge is 0.494 e. The van der Waals surface area contributed by atoms with E-state index in [1.165, 1.54) is 26.0 Å². The molecule has 0 amide bonds. The molecular formula is C24H38FN7O2. The van der Waals surface area contributed by atoms with E-state index in [4.69, 9.17) is 15.2 Å². The summed E-state index contributed by atoms with van der Waals surface area (Å²) in [4.78, 5) is 9.15. The Morgan fingerprint density at radius 2 is 2.00 bits per heavy atom. The highest BCUT2D eigenvalue weighted by atomic mass is 19.1. The maximum Gasteiger partial charge on any atom is 0.303 e. The molecule has 1 aliphatic carbocycles. The first-order valence-corrected chi connectivity index (χ1v) is 12.5. The number of halogens is 1. The number of nitrogens with zero attached hydrogens (tertiary/aromatic N) is 2. The lowest BCUT2D eigenvalue weighted by molar-refractivity contribution is -0.101. The van der Waals surface area contributed by atoms with Crippen LogP contribution in [0.5, 0.6) is 5.75 Å². The van der Waals surface area contributed by atoms with Crippen LogP contribution in [0.3, 0.4) is 0 Å². The molecule has 4 rings (SSSR count). The van der Waals surface area contributed by atoms with Crippen LogP contribution in [0.4, 0.5) is 10.1 Å². The predicted molar refractivity (Wildman–Crippen MR) is 132 cm³/mol. The fourth-order valence-corrected chi connectivity index (χ4v) is 4.90. The monoisotopic (exact) mass is 475 g/mol. The third-order valence-corrected chi connectivity index (χ3v) is 6.69. The molecule has 3 aliphatic rings. The third-order valence-electron chi connectivity index (χ3n) is 6.69. The normalized spacial score (nSPS) is 26.6. The van der Waals surface area contributed by atoms with E-state index in [-0.39, 0.29) is 23.9 Å². The van der Waals surface area contributed by atoms with Gasteiger partial charge in [-0.25, -0.2) is 4.39 Å². The molecule has 34 heavy (non-hydrogen) atoms. The summed E-state index contributed by atoms with van der Waals surface area (Å²) in [6.45, 7) is 3.16. The van der Waals surface area contributed by atoms with E-state index in [1.807, 2.05) is 0 Å². The smallest absolute Gasteiger partial charge is 0.303 e. The molecule has 10 heteroatoms. The Kier molecular flexibility index (Phi) is 8.23. The number of hydrogen-bond donors (Lipinski definition) is 5. The molecule has 1 aromatic carbocycles. The van der Waals surface area contributed by atoms with E-state index < -0.39 is 11.8 Å². The lowest BCUT2D eigenvalue weighted by Gasteiger charge is -2.36. The SMILES string of the molecule is CCC(NC1=NC(Nc2ccc(OC)c(F)c2)=NC(N)(OC2CCCCCC2)N1)C1CCCN1. The Bertz CT molecular complexity index is 882. The molecule has 1 saturated carbocycles. The highest BCUT2D eigenvalue weighted by Crippen LogP contribution is 2.25. The summed E-state index contributed by atoms with van der Waals surface area (Å²) in [5, 5.41) is 13.3. The van der Waals surface area contributed by atoms with E-state index in [0.29, 0.717) is 17.7 Å². The second-order valence-electron chi connectivity index (χ2n) is 9.28. The molecule has 1 aromatic rings. The summed E-state index contributed by atoms with van der Waals surface area (Å²) in [5.74, 6) is -1.05. The minimum Gasteiger partial charge on any atom is -0.494 e. The van der Waals surface area contributed by atoms with Crippen molar-refractivity contribution < 1.29 is 13.9 Å². The van der Waals surface area contributed by atoms with Crippen LogP contribution in [0.1, 0.15) is 64.7 Å². The molecule has 3 atom stereocenters. The van der Waals surface area contributed by atoms with Gasteiger partial charge in [-0.15, -0.1) is 0 Å². The lowest BCUT2D eigenvalue weighted by atomic mass is 10.0. The molecule has 2 fully saturated rings. The molecule has 2 heterocycles. The number of hydrogen-bond acceptors (Lipinski definition) is 9. The Morgan fingerprint density at radius 3 is 2.65 bits per heavy atom. The fraction of sp³-hybridized carbons (Fsp3) is 0.667. The minimum absolute atomic E-state index is 0.0150. The van der Waals surface area contributed by atoms with Crippen molar-refractivity contribution in [3.05, 3.63) is 24.0 Å². The number of aliphatic imine (C=N–C) groups is 2. The second kappa shape index (κ2) is 11.3. The predicted octanol–water partition coefficient (Wildman–Crippen LogP) is 2.99. The second-order valence-corrected chi connectivity index (χ2v) is 9.28. The average molecular weight is 476 g/mol. The van der Waals surface area contributed by atoms with Crippen LogP contribution < -0.4 is 31.7 Å².